The zero-order valence-electron chi connectivity index (χ0n) is 11.4. The number of benzene rings is 2. The fourth-order valence-electron chi connectivity index (χ4n) is 2.45. The largest absolute Gasteiger partial charge is 0.372 e. The molecule has 1 N–H and O–H groups in total. The molecule has 2 aromatic rings. The van der Waals surface area contributed by atoms with Gasteiger partial charge in [0.1, 0.15) is 6.04 Å². The van der Waals surface area contributed by atoms with E-state index in [1.807, 2.05) is 30.3 Å². The quantitative estimate of drug-likeness (QED) is 0.919. The summed E-state index contributed by atoms with van der Waals surface area (Å²) >= 11 is 0. The Morgan fingerprint density at radius 3 is 2.52 bits per heavy atom. The maximum Gasteiger partial charge on any atom is 0.249 e. The smallest absolute Gasteiger partial charge is 0.249 e. The first-order chi connectivity index (χ1) is 10.1. The number of nitrogens with one attached hydrogen (secondary N) is 1. The molecule has 0 aromatic heterocycles. The number of hydrogen-bond donors (Lipinski definition) is 1. The molecule has 1 unspecified atom stereocenters. The van der Waals surface area contributed by atoms with Gasteiger partial charge in [-0.05, 0) is 12.5 Å². The van der Waals surface area contributed by atoms with Gasteiger partial charge in [-0.2, -0.15) is 0 Å². The molecule has 108 valence electrons. The molecule has 2 aromatic carbocycles. The molecule has 3 rings (SSSR count). The van der Waals surface area contributed by atoms with Gasteiger partial charge in [0, 0.05) is 12.1 Å². The predicted octanol–water partition coefficient (Wildman–Crippen LogP) is 3.31. The van der Waals surface area contributed by atoms with Crippen LogP contribution >= 0.6 is 0 Å². The summed E-state index contributed by atoms with van der Waals surface area (Å²) < 4.78 is 26.9. The van der Waals surface area contributed by atoms with Crippen molar-refractivity contribution in [3.8, 4) is 0 Å². The number of anilines is 2. The minimum atomic E-state index is -0.962. The van der Waals surface area contributed by atoms with Crippen molar-refractivity contribution in [3.63, 3.8) is 0 Å². The maximum atomic E-state index is 13.5. The van der Waals surface area contributed by atoms with Crippen molar-refractivity contribution in [2.75, 3.05) is 10.2 Å². The molecule has 1 amide bonds. The Hall–Kier alpha value is -2.43. The highest BCUT2D eigenvalue weighted by Crippen LogP contribution is 2.34. The molecule has 0 saturated carbocycles. The lowest BCUT2D eigenvalue weighted by molar-refractivity contribution is -0.119. The van der Waals surface area contributed by atoms with Gasteiger partial charge in [-0.25, -0.2) is 8.78 Å². The van der Waals surface area contributed by atoms with Crippen LogP contribution in [0.25, 0.3) is 0 Å². The fraction of sp³-hybridized carbons (Fsp3) is 0.188. The highest BCUT2D eigenvalue weighted by atomic mass is 19.2. The average Bonchev–Trinajstić information content (AvgIpc) is 2.47. The van der Waals surface area contributed by atoms with Crippen LogP contribution in [-0.4, -0.2) is 11.9 Å². The molecule has 1 aliphatic heterocycles. The van der Waals surface area contributed by atoms with E-state index < -0.39 is 17.7 Å². The molecule has 1 atom stereocenters. The van der Waals surface area contributed by atoms with Gasteiger partial charge < -0.3 is 10.2 Å². The van der Waals surface area contributed by atoms with Gasteiger partial charge in [-0.15, -0.1) is 0 Å². The molecule has 0 aliphatic carbocycles. The van der Waals surface area contributed by atoms with Crippen LogP contribution in [0.2, 0.25) is 0 Å². The van der Waals surface area contributed by atoms with E-state index in [2.05, 4.69) is 5.32 Å². The van der Waals surface area contributed by atoms with E-state index in [9.17, 15) is 13.6 Å². The molecule has 1 heterocycles. The number of hydrogen-bond acceptors (Lipinski definition) is 2. The molecule has 3 nitrogen and oxygen atoms in total. The van der Waals surface area contributed by atoms with Crippen LogP contribution in [0.3, 0.4) is 0 Å². The molecule has 0 spiro atoms. The van der Waals surface area contributed by atoms with E-state index >= 15 is 0 Å². The van der Waals surface area contributed by atoms with Crippen LogP contribution in [0, 0.1) is 11.6 Å². The Balaban J connectivity index is 2.03. The molecule has 1 aliphatic rings. The van der Waals surface area contributed by atoms with Crippen LogP contribution in [0.5, 0.6) is 0 Å². The number of carbonyl (C=O) groups is 1. The van der Waals surface area contributed by atoms with Gasteiger partial charge in [-0.3, -0.25) is 4.79 Å². The summed E-state index contributed by atoms with van der Waals surface area (Å²) in [6, 6.07) is 11.1. The summed E-state index contributed by atoms with van der Waals surface area (Å²) in [5.74, 6) is -2.06. The van der Waals surface area contributed by atoms with Crippen molar-refractivity contribution in [2.45, 2.75) is 19.5 Å². The Morgan fingerprint density at radius 1 is 1.14 bits per heavy atom. The van der Waals surface area contributed by atoms with E-state index in [4.69, 9.17) is 0 Å². The fourth-order valence-corrected chi connectivity index (χ4v) is 2.45. The summed E-state index contributed by atoms with van der Waals surface area (Å²) in [7, 11) is 0. The number of halogens is 2. The standard InChI is InChI=1S/C16H14F2N2O/c1-10-16(21)20(9-11-5-3-2-4-6-11)15-8-13(18)12(17)7-14(15)19-10/h2-8,10,19H,9H2,1H3. The third-order valence-corrected chi connectivity index (χ3v) is 3.52. The third-order valence-electron chi connectivity index (χ3n) is 3.52. The van der Waals surface area contributed by atoms with Crippen LogP contribution in [0.15, 0.2) is 42.5 Å². The van der Waals surface area contributed by atoms with Crippen molar-refractivity contribution < 1.29 is 13.6 Å². The van der Waals surface area contributed by atoms with Crippen molar-refractivity contribution in [1.82, 2.24) is 0 Å². The first-order valence-corrected chi connectivity index (χ1v) is 6.67. The number of rotatable bonds is 2. The van der Waals surface area contributed by atoms with Crippen LogP contribution < -0.4 is 10.2 Å². The van der Waals surface area contributed by atoms with Crippen molar-refractivity contribution in [1.29, 1.82) is 0 Å². The highest BCUT2D eigenvalue weighted by molar-refractivity contribution is 6.04. The molecule has 0 bridgehead atoms. The summed E-state index contributed by atoms with van der Waals surface area (Å²) in [5, 5.41) is 2.90. The predicted molar refractivity (Wildman–Crippen MR) is 77.1 cm³/mol. The number of amides is 1. The maximum absolute atomic E-state index is 13.5. The van der Waals surface area contributed by atoms with Gasteiger partial charge in [0.25, 0.3) is 0 Å². The van der Waals surface area contributed by atoms with E-state index in [0.717, 1.165) is 17.7 Å². The second kappa shape index (κ2) is 5.16. The van der Waals surface area contributed by atoms with Gasteiger partial charge in [0.15, 0.2) is 11.6 Å². The van der Waals surface area contributed by atoms with Crippen LogP contribution in [-0.2, 0) is 11.3 Å². The monoisotopic (exact) mass is 288 g/mol. The van der Waals surface area contributed by atoms with Crippen molar-refractivity contribution in [3.05, 3.63) is 59.7 Å². The molecule has 5 heteroatoms. The summed E-state index contributed by atoms with van der Waals surface area (Å²) in [6.07, 6.45) is 0. The van der Waals surface area contributed by atoms with Gasteiger partial charge in [-0.1, -0.05) is 30.3 Å². The van der Waals surface area contributed by atoms with Gasteiger partial charge in [0.05, 0.1) is 17.9 Å². The second-order valence-electron chi connectivity index (χ2n) is 5.06. The van der Waals surface area contributed by atoms with Crippen molar-refractivity contribution >= 4 is 17.3 Å². The lowest BCUT2D eigenvalue weighted by Gasteiger charge is -2.34. The van der Waals surface area contributed by atoms with E-state index in [0.29, 0.717) is 17.9 Å². The molecular weight excluding hydrogens is 274 g/mol. The van der Waals surface area contributed by atoms with Crippen LogP contribution in [0.4, 0.5) is 20.2 Å². The molecule has 0 saturated heterocycles. The second-order valence-corrected chi connectivity index (χ2v) is 5.06. The normalized spacial score (nSPS) is 17.4. The van der Waals surface area contributed by atoms with Gasteiger partial charge in [0.2, 0.25) is 5.91 Å². The molecule has 21 heavy (non-hydrogen) atoms. The minimum absolute atomic E-state index is 0.169. The number of carbonyl (C=O) groups excluding carboxylic acids is 1. The first-order valence-electron chi connectivity index (χ1n) is 6.67. The van der Waals surface area contributed by atoms with Gasteiger partial charge >= 0.3 is 0 Å². The molecule has 0 fully saturated rings. The highest BCUT2D eigenvalue weighted by Gasteiger charge is 2.30. The average molecular weight is 288 g/mol. The summed E-state index contributed by atoms with van der Waals surface area (Å²) in [6.45, 7) is 2.02. The zero-order valence-corrected chi connectivity index (χ0v) is 11.4. The summed E-state index contributed by atoms with van der Waals surface area (Å²) in [5.41, 5.74) is 1.72. The Bertz CT molecular complexity index is 688. The van der Waals surface area contributed by atoms with E-state index in [-0.39, 0.29) is 5.91 Å². The molecule has 0 radical (unpaired) electrons. The lowest BCUT2D eigenvalue weighted by atomic mass is 10.1. The van der Waals surface area contributed by atoms with Crippen molar-refractivity contribution in [2.24, 2.45) is 0 Å². The Kier molecular flexibility index (Phi) is 3.33. The topological polar surface area (TPSA) is 32.3 Å². The minimum Gasteiger partial charge on any atom is -0.372 e. The molecular formula is C16H14F2N2O. The summed E-state index contributed by atoms with van der Waals surface area (Å²) in [4.78, 5) is 13.8. The lowest BCUT2D eigenvalue weighted by Crippen LogP contribution is -2.45. The first kappa shape index (κ1) is 13.5. The number of fused-ring (bicyclic) bond motifs is 1. The third kappa shape index (κ3) is 2.46. The Labute approximate surface area is 121 Å². The van der Waals surface area contributed by atoms with E-state index in [1.165, 1.54) is 4.90 Å². The number of nitrogens with zero attached hydrogens (tertiary/aromatic N) is 1. The SMILES string of the molecule is CC1Nc2cc(F)c(F)cc2N(Cc2ccccc2)C1=O. The zero-order chi connectivity index (χ0) is 15.0. The van der Waals surface area contributed by atoms with Crippen LogP contribution in [0.1, 0.15) is 12.5 Å². The van der Waals surface area contributed by atoms with E-state index in [1.54, 1.807) is 6.92 Å². The Morgan fingerprint density at radius 2 is 1.81 bits per heavy atom.